The first kappa shape index (κ1) is 15.8. The van der Waals surface area contributed by atoms with Crippen LogP contribution in [0.2, 0.25) is 0 Å². The van der Waals surface area contributed by atoms with E-state index in [-0.39, 0.29) is 11.2 Å². The molecule has 1 fully saturated rings. The number of amides is 1. The van der Waals surface area contributed by atoms with Gasteiger partial charge in [-0.15, -0.1) is 0 Å². The van der Waals surface area contributed by atoms with Gasteiger partial charge in [-0.25, -0.2) is 4.99 Å². The minimum atomic E-state index is -0.0264. The summed E-state index contributed by atoms with van der Waals surface area (Å²) in [7, 11) is 0. The van der Waals surface area contributed by atoms with Crippen molar-refractivity contribution in [2.45, 2.75) is 31.4 Å². The zero-order valence-electron chi connectivity index (χ0n) is 13.2. The number of carbonyl (C=O) groups is 1. The number of aryl methyl sites for hydroxylation is 2. The molecule has 2 aromatic rings. The predicted molar refractivity (Wildman–Crippen MR) is 97.2 cm³/mol. The Hall–Kier alpha value is -2.07. The molecular weight excluding hydrogens is 304 g/mol. The van der Waals surface area contributed by atoms with Gasteiger partial charge in [-0.1, -0.05) is 60.3 Å². The number of hydrogen-bond acceptors (Lipinski definition) is 3. The van der Waals surface area contributed by atoms with Crippen molar-refractivity contribution in [1.82, 2.24) is 5.32 Å². The van der Waals surface area contributed by atoms with E-state index in [0.29, 0.717) is 5.17 Å². The van der Waals surface area contributed by atoms with Gasteiger partial charge in [0.05, 0.1) is 10.9 Å². The number of amidine groups is 1. The third kappa shape index (κ3) is 4.23. The third-order valence-corrected chi connectivity index (χ3v) is 5.04. The van der Waals surface area contributed by atoms with Crippen molar-refractivity contribution >= 4 is 28.5 Å². The number of rotatable bonds is 5. The quantitative estimate of drug-likeness (QED) is 0.894. The van der Waals surface area contributed by atoms with E-state index in [1.54, 1.807) is 11.8 Å². The number of para-hydroxylation sites is 1. The van der Waals surface area contributed by atoms with Crippen molar-refractivity contribution in [2.75, 3.05) is 0 Å². The number of nitrogens with zero attached hydrogens (tertiary/aromatic N) is 1. The highest BCUT2D eigenvalue weighted by atomic mass is 32.2. The molecule has 118 valence electrons. The van der Waals surface area contributed by atoms with Gasteiger partial charge < -0.3 is 5.32 Å². The lowest BCUT2D eigenvalue weighted by molar-refractivity contribution is -0.118. The molecule has 0 aliphatic carbocycles. The largest absolute Gasteiger partial charge is 0.304 e. The summed E-state index contributed by atoms with van der Waals surface area (Å²) in [5, 5.41) is 3.59. The summed E-state index contributed by atoms with van der Waals surface area (Å²) in [5.41, 5.74) is 3.35. The first-order chi connectivity index (χ1) is 11.2. The lowest BCUT2D eigenvalue weighted by Crippen LogP contribution is -2.24. The Balaban J connectivity index is 1.56. The van der Waals surface area contributed by atoms with E-state index in [2.05, 4.69) is 34.6 Å². The predicted octanol–water partition coefficient (Wildman–Crippen LogP) is 4.24. The lowest BCUT2D eigenvalue weighted by Gasteiger charge is -2.05. The molecule has 0 saturated carbocycles. The molecule has 1 aliphatic rings. The van der Waals surface area contributed by atoms with Gasteiger partial charge in [-0.2, -0.15) is 0 Å². The molecule has 0 aromatic heterocycles. The second-order valence-electron chi connectivity index (χ2n) is 5.68. The zero-order chi connectivity index (χ0) is 16.1. The second kappa shape index (κ2) is 7.47. The van der Waals surface area contributed by atoms with Gasteiger partial charge in [0.1, 0.15) is 0 Å². The smallest absolute Gasteiger partial charge is 0.239 e. The Morgan fingerprint density at radius 1 is 1.09 bits per heavy atom. The van der Waals surface area contributed by atoms with Crippen LogP contribution in [0.1, 0.15) is 24.0 Å². The molecule has 0 spiro atoms. The van der Waals surface area contributed by atoms with Gasteiger partial charge in [0.15, 0.2) is 5.17 Å². The molecular formula is C19H20N2OS. The van der Waals surface area contributed by atoms with Gasteiger partial charge in [-0.05, 0) is 43.4 Å². The van der Waals surface area contributed by atoms with Crippen molar-refractivity contribution in [3.05, 3.63) is 65.7 Å². The molecule has 1 unspecified atom stereocenters. The van der Waals surface area contributed by atoms with E-state index >= 15 is 0 Å². The minimum absolute atomic E-state index is 0.0264. The fourth-order valence-electron chi connectivity index (χ4n) is 2.58. The summed E-state index contributed by atoms with van der Waals surface area (Å²) in [6, 6.07) is 18.4. The van der Waals surface area contributed by atoms with Crippen molar-refractivity contribution < 1.29 is 4.79 Å². The number of benzene rings is 2. The minimum Gasteiger partial charge on any atom is -0.304 e. The third-order valence-electron chi connectivity index (χ3n) is 3.89. The fourth-order valence-corrected chi connectivity index (χ4v) is 3.61. The van der Waals surface area contributed by atoms with Crippen molar-refractivity contribution in [3.8, 4) is 0 Å². The van der Waals surface area contributed by atoms with Crippen LogP contribution in [0.4, 0.5) is 5.69 Å². The second-order valence-corrected chi connectivity index (χ2v) is 6.87. The van der Waals surface area contributed by atoms with E-state index < -0.39 is 0 Å². The van der Waals surface area contributed by atoms with E-state index in [0.717, 1.165) is 30.5 Å². The molecule has 2 aromatic carbocycles. The summed E-state index contributed by atoms with van der Waals surface area (Å²) < 4.78 is 0. The highest BCUT2D eigenvalue weighted by molar-refractivity contribution is 8.15. The normalized spacial score (nSPS) is 19.1. The molecule has 4 heteroatoms. The first-order valence-electron chi connectivity index (χ1n) is 7.88. The number of nitrogens with one attached hydrogen (secondary N) is 1. The molecule has 1 N–H and O–H groups in total. The van der Waals surface area contributed by atoms with Gasteiger partial charge in [-0.3, -0.25) is 4.79 Å². The Kier molecular flexibility index (Phi) is 5.13. The Morgan fingerprint density at radius 2 is 1.83 bits per heavy atom. The SMILES string of the molecule is Cc1ccccc1/N=C1\NC(=O)C(CCCc2ccccc2)S1. The molecule has 1 aliphatic heterocycles. The molecule has 0 bridgehead atoms. The molecule has 1 saturated heterocycles. The molecule has 3 nitrogen and oxygen atoms in total. The van der Waals surface area contributed by atoms with E-state index in [4.69, 9.17) is 0 Å². The monoisotopic (exact) mass is 324 g/mol. The highest BCUT2D eigenvalue weighted by Crippen LogP contribution is 2.27. The topological polar surface area (TPSA) is 41.5 Å². The maximum Gasteiger partial charge on any atom is 0.239 e. The van der Waals surface area contributed by atoms with Crippen LogP contribution in [0, 0.1) is 6.92 Å². The summed E-state index contributed by atoms with van der Waals surface area (Å²) in [4.78, 5) is 16.7. The number of thioether (sulfide) groups is 1. The van der Waals surface area contributed by atoms with Crippen LogP contribution in [0.25, 0.3) is 0 Å². The lowest BCUT2D eigenvalue weighted by atomic mass is 10.1. The van der Waals surface area contributed by atoms with Gasteiger partial charge in [0.2, 0.25) is 5.91 Å². The van der Waals surface area contributed by atoms with E-state index in [9.17, 15) is 4.79 Å². The number of hydrogen-bond donors (Lipinski definition) is 1. The average Bonchev–Trinajstić information content (AvgIpc) is 2.90. The fraction of sp³-hybridized carbons (Fsp3) is 0.263. The van der Waals surface area contributed by atoms with Gasteiger partial charge in [0.25, 0.3) is 0 Å². The van der Waals surface area contributed by atoms with Gasteiger partial charge in [0, 0.05) is 0 Å². The van der Waals surface area contributed by atoms with Crippen LogP contribution in [-0.4, -0.2) is 16.3 Å². The highest BCUT2D eigenvalue weighted by Gasteiger charge is 2.29. The van der Waals surface area contributed by atoms with Crippen LogP contribution in [0.15, 0.2) is 59.6 Å². The first-order valence-corrected chi connectivity index (χ1v) is 8.76. The van der Waals surface area contributed by atoms with Crippen LogP contribution < -0.4 is 5.32 Å². The Morgan fingerprint density at radius 3 is 2.61 bits per heavy atom. The molecule has 0 radical (unpaired) electrons. The summed E-state index contributed by atoms with van der Waals surface area (Å²) in [5.74, 6) is 0.0791. The van der Waals surface area contributed by atoms with Crippen LogP contribution >= 0.6 is 11.8 Å². The maximum atomic E-state index is 12.1. The summed E-state index contributed by atoms with van der Waals surface area (Å²) in [6.45, 7) is 2.03. The molecule has 1 heterocycles. The Bertz CT molecular complexity index is 712. The molecule has 23 heavy (non-hydrogen) atoms. The summed E-state index contributed by atoms with van der Waals surface area (Å²) >= 11 is 1.55. The Labute approximate surface area is 141 Å². The standard InChI is InChI=1S/C19H20N2OS/c1-14-8-5-6-12-16(14)20-19-21-18(22)17(23-19)13-7-11-15-9-3-2-4-10-15/h2-6,8-10,12,17H,7,11,13H2,1H3,(H,20,21,22). The van der Waals surface area contributed by atoms with Crippen molar-refractivity contribution in [3.63, 3.8) is 0 Å². The van der Waals surface area contributed by atoms with Crippen molar-refractivity contribution in [2.24, 2.45) is 4.99 Å². The molecule has 1 amide bonds. The maximum absolute atomic E-state index is 12.1. The number of aliphatic imine (C=N–C) groups is 1. The molecule has 1 atom stereocenters. The van der Waals surface area contributed by atoms with Crippen LogP contribution in [-0.2, 0) is 11.2 Å². The van der Waals surface area contributed by atoms with Gasteiger partial charge >= 0.3 is 0 Å². The summed E-state index contributed by atoms with van der Waals surface area (Å²) in [6.07, 6.45) is 2.89. The van der Waals surface area contributed by atoms with E-state index in [1.165, 1.54) is 5.56 Å². The van der Waals surface area contributed by atoms with Crippen LogP contribution in [0.5, 0.6) is 0 Å². The van der Waals surface area contributed by atoms with Crippen molar-refractivity contribution in [1.29, 1.82) is 0 Å². The molecule has 3 rings (SSSR count). The zero-order valence-corrected chi connectivity index (χ0v) is 14.0. The average molecular weight is 324 g/mol. The van der Waals surface area contributed by atoms with E-state index in [1.807, 2.05) is 37.3 Å². The van der Waals surface area contributed by atoms with Crippen LogP contribution in [0.3, 0.4) is 0 Å². The number of carbonyl (C=O) groups excluding carboxylic acids is 1.